The van der Waals surface area contributed by atoms with E-state index in [9.17, 15) is 38.4 Å². The second kappa shape index (κ2) is 10.2. The molecule has 6 amide bonds. The number of imide groups is 2. The van der Waals surface area contributed by atoms with Crippen LogP contribution in [0.25, 0.3) is 0 Å². The number of hydrogen-bond donors (Lipinski definition) is 1. The third-order valence-electron chi connectivity index (χ3n) is 5.22. The van der Waals surface area contributed by atoms with Crippen LogP contribution >= 0.6 is 0 Å². The number of hydroxylamine groups is 4. The lowest BCUT2D eigenvalue weighted by atomic mass is 10.2. The van der Waals surface area contributed by atoms with Crippen LogP contribution in [0.5, 0.6) is 0 Å². The first-order valence-electron chi connectivity index (χ1n) is 10.4. The summed E-state index contributed by atoms with van der Waals surface area (Å²) >= 11 is 0. The van der Waals surface area contributed by atoms with Crippen LogP contribution in [0.2, 0.25) is 0 Å². The van der Waals surface area contributed by atoms with E-state index >= 15 is 0 Å². The lowest BCUT2D eigenvalue weighted by Gasteiger charge is -2.24. The van der Waals surface area contributed by atoms with Gasteiger partial charge in [-0.2, -0.15) is 0 Å². The molecule has 0 spiro atoms. The van der Waals surface area contributed by atoms with Crippen molar-refractivity contribution in [3.63, 3.8) is 0 Å². The number of carbonyl (C=O) groups excluding carboxylic acids is 8. The van der Waals surface area contributed by atoms with E-state index in [4.69, 9.17) is 4.84 Å². The number of hydrogen-bond acceptors (Lipinski definition) is 10. The molecular formula is C19H22N4O10. The van der Waals surface area contributed by atoms with Crippen LogP contribution in [0.1, 0.15) is 51.4 Å². The molecule has 0 saturated carbocycles. The lowest BCUT2D eigenvalue weighted by molar-refractivity contribution is -0.197. The Balaban J connectivity index is 1.43. The second-order valence-corrected chi connectivity index (χ2v) is 7.55. The average molecular weight is 466 g/mol. The monoisotopic (exact) mass is 466 g/mol. The topological polar surface area (TPSA) is 177 Å². The fourth-order valence-corrected chi connectivity index (χ4v) is 3.56. The van der Waals surface area contributed by atoms with Gasteiger partial charge in [0.15, 0.2) is 0 Å². The van der Waals surface area contributed by atoms with Crippen molar-refractivity contribution in [1.82, 2.24) is 20.3 Å². The Labute approximate surface area is 187 Å². The largest absolute Gasteiger partial charge is 0.352 e. The summed E-state index contributed by atoms with van der Waals surface area (Å²) in [6, 6.07) is -0.877. The second-order valence-electron chi connectivity index (χ2n) is 7.55. The van der Waals surface area contributed by atoms with Gasteiger partial charge in [0.05, 0.1) is 6.42 Å². The molecule has 0 radical (unpaired) electrons. The molecule has 0 aromatic heterocycles. The summed E-state index contributed by atoms with van der Waals surface area (Å²) in [5, 5.41) is 3.06. The minimum Gasteiger partial charge on any atom is -0.343 e. The Hall–Kier alpha value is -3.84. The van der Waals surface area contributed by atoms with Crippen LogP contribution in [0.4, 0.5) is 0 Å². The van der Waals surface area contributed by atoms with Crippen LogP contribution < -0.4 is 5.32 Å². The smallest absolute Gasteiger partial charge is 0.343 e. The van der Waals surface area contributed by atoms with Gasteiger partial charge < -0.3 is 19.9 Å². The summed E-state index contributed by atoms with van der Waals surface area (Å²) in [4.78, 5) is 105. The van der Waals surface area contributed by atoms with Gasteiger partial charge in [0.1, 0.15) is 12.6 Å². The van der Waals surface area contributed by atoms with Crippen molar-refractivity contribution in [3.05, 3.63) is 0 Å². The van der Waals surface area contributed by atoms with Crippen LogP contribution in [-0.2, 0) is 48.0 Å². The first-order valence-corrected chi connectivity index (χ1v) is 10.4. The number of nitrogens with zero attached hydrogens (tertiary/aromatic N) is 3. The van der Waals surface area contributed by atoms with Gasteiger partial charge in [0.25, 0.3) is 23.6 Å². The van der Waals surface area contributed by atoms with Gasteiger partial charge in [0.2, 0.25) is 11.8 Å². The van der Waals surface area contributed by atoms with E-state index in [1.54, 1.807) is 0 Å². The van der Waals surface area contributed by atoms with Crippen LogP contribution in [0, 0.1) is 0 Å². The number of amides is 6. The minimum absolute atomic E-state index is 0.0478. The van der Waals surface area contributed by atoms with Gasteiger partial charge in [-0.1, -0.05) is 0 Å². The van der Waals surface area contributed by atoms with Crippen molar-refractivity contribution < 1.29 is 48.0 Å². The number of carbonyl (C=O) groups is 8. The third-order valence-corrected chi connectivity index (χ3v) is 5.22. The van der Waals surface area contributed by atoms with E-state index in [1.165, 1.54) is 4.90 Å². The summed E-state index contributed by atoms with van der Waals surface area (Å²) in [6.45, 7) is -0.352. The van der Waals surface area contributed by atoms with Gasteiger partial charge in [-0.3, -0.25) is 28.8 Å². The number of rotatable bonds is 8. The Bertz CT molecular complexity index is 812. The Morgan fingerprint density at radius 3 is 1.85 bits per heavy atom. The maximum Gasteiger partial charge on any atom is 0.352 e. The highest BCUT2D eigenvalue weighted by Crippen LogP contribution is 2.20. The standard InChI is InChI=1S/C19H22N4O10/c24-12(7-8-17(29)32-22-13(25)3-4-14(22)26)21-9-1-2-11(21)19(31)20-10-18(30)33-23-15(27)5-6-16(23)28/h11H,1-10H2,(H,20,31)/t11-/m0/s1. The van der Waals surface area contributed by atoms with Crippen molar-refractivity contribution in [2.24, 2.45) is 0 Å². The van der Waals surface area contributed by atoms with E-state index < -0.39 is 66.4 Å². The molecular weight excluding hydrogens is 444 g/mol. The van der Waals surface area contributed by atoms with Gasteiger partial charge in [0, 0.05) is 38.6 Å². The van der Waals surface area contributed by atoms with Crippen molar-refractivity contribution in [1.29, 1.82) is 0 Å². The van der Waals surface area contributed by atoms with Crippen molar-refractivity contribution in [2.75, 3.05) is 13.1 Å². The molecule has 0 aromatic carbocycles. The maximum atomic E-state index is 12.5. The van der Waals surface area contributed by atoms with Gasteiger partial charge >= 0.3 is 11.9 Å². The van der Waals surface area contributed by atoms with E-state index in [2.05, 4.69) is 10.2 Å². The normalized spacial score (nSPS) is 20.5. The van der Waals surface area contributed by atoms with Crippen LogP contribution in [-0.4, -0.2) is 81.5 Å². The fraction of sp³-hybridized carbons (Fsp3) is 0.579. The third kappa shape index (κ3) is 5.70. The molecule has 1 atom stereocenters. The molecule has 1 N–H and O–H groups in total. The molecule has 3 fully saturated rings. The number of nitrogens with one attached hydrogen (secondary N) is 1. The fourth-order valence-electron chi connectivity index (χ4n) is 3.56. The van der Waals surface area contributed by atoms with E-state index in [0.717, 1.165) is 0 Å². The molecule has 14 heteroatoms. The van der Waals surface area contributed by atoms with Gasteiger partial charge in [-0.15, -0.1) is 10.1 Å². The van der Waals surface area contributed by atoms with Crippen LogP contribution in [0.15, 0.2) is 0 Å². The molecule has 0 bridgehead atoms. The molecule has 3 aliphatic rings. The quantitative estimate of drug-likeness (QED) is 0.397. The molecule has 3 saturated heterocycles. The average Bonchev–Trinajstić information content (AvgIpc) is 3.48. The SMILES string of the molecule is O=C(CCC(=O)N1CCC[C@H]1C(=O)NCC(=O)ON1C(=O)CCC1=O)ON1C(=O)CCC1=O. The van der Waals surface area contributed by atoms with Crippen LogP contribution in [0.3, 0.4) is 0 Å². The van der Waals surface area contributed by atoms with Crippen molar-refractivity contribution in [3.8, 4) is 0 Å². The zero-order chi connectivity index (χ0) is 24.1. The maximum absolute atomic E-state index is 12.5. The highest BCUT2D eigenvalue weighted by molar-refractivity contribution is 6.02. The highest BCUT2D eigenvalue weighted by atomic mass is 16.7. The lowest BCUT2D eigenvalue weighted by Crippen LogP contribution is -2.47. The Kier molecular flexibility index (Phi) is 7.35. The predicted molar refractivity (Wildman–Crippen MR) is 101 cm³/mol. The van der Waals surface area contributed by atoms with Gasteiger partial charge in [-0.25, -0.2) is 9.59 Å². The Morgan fingerprint density at radius 1 is 0.788 bits per heavy atom. The summed E-state index contributed by atoms with van der Waals surface area (Å²) in [6.07, 6.45) is -0.0680. The summed E-state index contributed by atoms with van der Waals surface area (Å²) in [7, 11) is 0. The summed E-state index contributed by atoms with van der Waals surface area (Å²) < 4.78 is 0. The molecule has 3 heterocycles. The zero-order valence-corrected chi connectivity index (χ0v) is 17.6. The molecule has 0 unspecified atom stereocenters. The predicted octanol–water partition coefficient (Wildman–Crippen LogP) is -1.91. The molecule has 33 heavy (non-hydrogen) atoms. The van der Waals surface area contributed by atoms with Gasteiger partial charge in [-0.05, 0) is 12.8 Å². The van der Waals surface area contributed by atoms with E-state index in [0.29, 0.717) is 23.0 Å². The Morgan fingerprint density at radius 2 is 1.30 bits per heavy atom. The molecule has 14 nitrogen and oxygen atoms in total. The zero-order valence-electron chi connectivity index (χ0n) is 17.6. The molecule has 0 aromatic rings. The van der Waals surface area contributed by atoms with E-state index in [1.807, 2.05) is 0 Å². The summed E-state index contributed by atoms with van der Waals surface area (Å²) in [5.74, 6) is -5.65. The van der Waals surface area contributed by atoms with E-state index in [-0.39, 0.29) is 38.6 Å². The highest BCUT2D eigenvalue weighted by Gasteiger charge is 2.36. The molecule has 178 valence electrons. The summed E-state index contributed by atoms with van der Waals surface area (Å²) in [5.41, 5.74) is 0. The van der Waals surface area contributed by atoms with Crippen molar-refractivity contribution in [2.45, 2.75) is 57.4 Å². The molecule has 0 aliphatic carbocycles. The first-order chi connectivity index (χ1) is 15.7. The number of likely N-dealkylation sites (tertiary alicyclic amines) is 1. The van der Waals surface area contributed by atoms with Crippen molar-refractivity contribution >= 4 is 47.4 Å². The first kappa shape index (κ1) is 23.8. The minimum atomic E-state index is -1.02. The molecule has 3 aliphatic heterocycles. The molecule has 3 rings (SSSR count).